The number of rotatable bonds is 5. The number of hydrogen-bond acceptors (Lipinski definition) is 2. The van der Waals surface area contributed by atoms with Crippen LogP contribution in [0.25, 0.3) is 0 Å². The van der Waals surface area contributed by atoms with Crippen molar-refractivity contribution in [1.82, 2.24) is 0 Å². The molecule has 1 aromatic carbocycles. The van der Waals surface area contributed by atoms with Crippen LogP contribution in [0.3, 0.4) is 0 Å². The monoisotopic (exact) mass is 232 g/mol. The molecule has 0 saturated carbocycles. The number of benzene rings is 1. The van der Waals surface area contributed by atoms with E-state index in [2.05, 4.69) is 18.8 Å². The molecule has 0 aliphatic rings. The summed E-state index contributed by atoms with van der Waals surface area (Å²) >= 11 is 0. The molecule has 0 aliphatic carbocycles. The smallest absolute Gasteiger partial charge is 0.241 e. The molecule has 17 heavy (non-hydrogen) atoms. The molecule has 3 nitrogen and oxygen atoms in total. The van der Waals surface area contributed by atoms with Crippen molar-refractivity contribution in [3.63, 3.8) is 0 Å². The van der Waals surface area contributed by atoms with Gasteiger partial charge in [-0.2, -0.15) is 0 Å². The summed E-state index contributed by atoms with van der Waals surface area (Å²) in [6.45, 7) is 7.62. The predicted octanol–water partition coefficient (Wildman–Crippen LogP) is 2.40. The van der Waals surface area contributed by atoms with Gasteiger partial charge in [-0.3, -0.25) is 4.79 Å². The van der Waals surface area contributed by atoms with E-state index >= 15 is 0 Å². The zero-order valence-electron chi connectivity index (χ0n) is 10.5. The third-order valence-corrected chi connectivity index (χ3v) is 2.75. The molecule has 0 aromatic heterocycles. The van der Waals surface area contributed by atoms with Crippen LogP contribution in [0.1, 0.15) is 24.5 Å². The molecule has 0 bridgehead atoms. The highest BCUT2D eigenvalue weighted by molar-refractivity contribution is 5.96. The van der Waals surface area contributed by atoms with Crippen molar-refractivity contribution in [2.45, 2.75) is 32.7 Å². The summed E-state index contributed by atoms with van der Waals surface area (Å²) < 4.78 is 0. The van der Waals surface area contributed by atoms with Crippen molar-refractivity contribution >= 4 is 11.6 Å². The summed E-state index contributed by atoms with van der Waals surface area (Å²) in [6, 6.07) is 5.46. The second-order valence-electron chi connectivity index (χ2n) is 4.08. The normalized spacial score (nSPS) is 11.9. The highest BCUT2D eigenvalue weighted by Crippen LogP contribution is 2.21. The lowest BCUT2D eigenvalue weighted by atomic mass is 10.1. The fraction of sp³-hybridized carbons (Fsp3) is 0.357. The molecule has 0 aliphatic heterocycles. The summed E-state index contributed by atoms with van der Waals surface area (Å²) in [6.07, 6.45) is 3.02. The molecule has 1 atom stereocenters. The minimum absolute atomic E-state index is 0.158. The van der Waals surface area contributed by atoms with E-state index in [4.69, 9.17) is 5.73 Å². The molecular weight excluding hydrogens is 212 g/mol. The van der Waals surface area contributed by atoms with Crippen molar-refractivity contribution in [3.8, 4) is 0 Å². The average molecular weight is 232 g/mol. The molecule has 3 heteroatoms. The largest absolute Gasteiger partial charge is 0.324 e. The van der Waals surface area contributed by atoms with Crippen LogP contribution in [0.4, 0.5) is 5.69 Å². The van der Waals surface area contributed by atoms with Gasteiger partial charge in [-0.05, 0) is 30.9 Å². The third kappa shape index (κ3) is 3.43. The molecule has 0 spiro atoms. The maximum absolute atomic E-state index is 11.8. The third-order valence-electron chi connectivity index (χ3n) is 2.75. The van der Waals surface area contributed by atoms with Crippen LogP contribution in [-0.2, 0) is 11.2 Å². The first-order chi connectivity index (χ1) is 8.10. The predicted molar refractivity (Wildman–Crippen MR) is 72.0 cm³/mol. The minimum Gasteiger partial charge on any atom is -0.324 e. The fourth-order valence-electron chi connectivity index (χ4n) is 1.70. The van der Waals surface area contributed by atoms with Crippen LogP contribution in [0, 0.1) is 6.92 Å². The number of carbonyl (C=O) groups is 1. The van der Waals surface area contributed by atoms with Crippen molar-refractivity contribution in [2.75, 3.05) is 5.32 Å². The van der Waals surface area contributed by atoms with Gasteiger partial charge in [0.15, 0.2) is 0 Å². The fourth-order valence-corrected chi connectivity index (χ4v) is 1.70. The van der Waals surface area contributed by atoms with E-state index in [1.807, 2.05) is 25.1 Å². The van der Waals surface area contributed by atoms with Crippen LogP contribution >= 0.6 is 0 Å². The first kappa shape index (κ1) is 13.5. The average Bonchev–Trinajstić information content (AvgIpc) is 2.31. The lowest BCUT2D eigenvalue weighted by Crippen LogP contribution is -2.35. The lowest BCUT2D eigenvalue weighted by molar-refractivity contribution is -0.117. The van der Waals surface area contributed by atoms with Crippen LogP contribution in [-0.4, -0.2) is 11.9 Å². The summed E-state index contributed by atoms with van der Waals surface area (Å²) in [5.41, 5.74) is 8.81. The molecule has 0 radical (unpaired) electrons. The van der Waals surface area contributed by atoms with Gasteiger partial charge in [0.05, 0.1) is 6.04 Å². The quantitative estimate of drug-likeness (QED) is 0.766. The number of nitrogens with one attached hydrogen (secondary N) is 1. The minimum atomic E-state index is -0.531. The lowest BCUT2D eigenvalue weighted by Gasteiger charge is -2.15. The van der Waals surface area contributed by atoms with Crippen LogP contribution in [0.2, 0.25) is 0 Å². The van der Waals surface area contributed by atoms with E-state index in [9.17, 15) is 4.79 Å². The number of anilines is 1. The highest BCUT2D eigenvalue weighted by atomic mass is 16.2. The Kier molecular flexibility index (Phi) is 4.91. The zero-order chi connectivity index (χ0) is 12.8. The molecule has 92 valence electrons. The molecular formula is C14H20N2O. The topological polar surface area (TPSA) is 55.1 Å². The molecule has 3 N–H and O–H groups in total. The van der Waals surface area contributed by atoms with Crippen LogP contribution in [0.5, 0.6) is 0 Å². The van der Waals surface area contributed by atoms with Crippen molar-refractivity contribution < 1.29 is 4.79 Å². The van der Waals surface area contributed by atoms with E-state index in [0.29, 0.717) is 6.42 Å². The molecule has 1 amide bonds. The highest BCUT2D eigenvalue weighted by Gasteiger charge is 2.14. The van der Waals surface area contributed by atoms with Gasteiger partial charge in [-0.1, -0.05) is 31.2 Å². The Hall–Kier alpha value is -1.61. The number of para-hydroxylation sites is 1. The standard InChI is InChI=1S/C14H20N2O/c1-4-7-12(15)14(17)16-13-10(3)8-6-9-11(13)5-2/h4,6,8-9,12H,1,5,7,15H2,2-3H3,(H,16,17). The number of hydrogen-bond donors (Lipinski definition) is 2. The van der Waals surface area contributed by atoms with E-state index < -0.39 is 6.04 Å². The van der Waals surface area contributed by atoms with Gasteiger partial charge in [0, 0.05) is 5.69 Å². The molecule has 0 heterocycles. The maximum atomic E-state index is 11.8. The molecule has 0 fully saturated rings. The Morgan fingerprint density at radius 1 is 1.59 bits per heavy atom. The summed E-state index contributed by atoms with van der Waals surface area (Å²) in [4.78, 5) is 11.8. The van der Waals surface area contributed by atoms with E-state index in [-0.39, 0.29) is 5.91 Å². The molecule has 0 saturated heterocycles. The van der Waals surface area contributed by atoms with Crippen LogP contribution in [0.15, 0.2) is 30.9 Å². The van der Waals surface area contributed by atoms with Crippen molar-refractivity contribution in [3.05, 3.63) is 42.0 Å². The molecule has 1 unspecified atom stereocenters. The summed E-state index contributed by atoms with van der Waals surface area (Å²) in [5, 5.41) is 2.90. The Bertz CT molecular complexity index is 413. The maximum Gasteiger partial charge on any atom is 0.241 e. The van der Waals surface area contributed by atoms with Gasteiger partial charge < -0.3 is 11.1 Å². The Morgan fingerprint density at radius 3 is 2.88 bits per heavy atom. The second kappa shape index (κ2) is 6.21. The van der Waals surface area contributed by atoms with Gasteiger partial charge >= 0.3 is 0 Å². The van der Waals surface area contributed by atoms with E-state index in [0.717, 1.165) is 23.2 Å². The zero-order valence-corrected chi connectivity index (χ0v) is 10.5. The Labute approximate surface area is 103 Å². The SMILES string of the molecule is C=CCC(N)C(=O)Nc1c(C)cccc1CC. The van der Waals surface area contributed by atoms with Crippen LogP contribution < -0.4 is 11.1 Å². The van der Waals surface area contributed by atoms with Gasteiger partial charge in [0.25, 0.3) is 0 Å². The Morgan fingerprint density at radius 2 is 2.29 bits per heavy atom. The summed E-state index contributed by atoms with van der Waals surface area (Å²) in [5.74, 6) is -0.158. The Balaban J connectivity index is 2.87. The number of aryl methyl sites for hydroxylation is 2. The van der Waals surface area contributed by atoms with Gasteiger partial charge in [-0.15, -0.1) is 6.58 Å². The number of carbonyl (C=O) groups excluding carboxylic acids is 1. The molecule has 1 rings (SSSR count). The van der Waals surface area contributed by atoms with Gasteiger partial charge in [0.2, 0.25) is 5.91 Å². The van der Waals surface area contributed by atoms with Crippen molar-refractivity contribution in [1.29, 1.82) is 0 Å². The van der Waals surface area contributed by atoms with E-state index in [1.165, 1.54) is 0 Å². The second-order valence-corrected chi connectivity index (χ2v) is 4.08. The first-order valence-corrected chi connectivity index (χ1v) is 5.86. The summed E-state index contributed by atoms with van der Waals surface area (Å²) in [7, 11) is 0. The number of nitrogens with two attached hydrogens (primary N) is 1. The first-order valence-electron chi connectivity index (χ1n) is 5.86. The van der Waals surface area contributed by atoms with Crippen molar-refractivity contribution in [2.24, 2.45) is 5.73 Å². The van der Waals surface area contributed by atoms with Gasteiger partial charge in [0.1, 0.15) is 0 Å². The molecule has 1 aromatic rings. The van der Waals surface area contributed by atoms with Gasteiger partial charge in [-0.25, -0.2) is 0 Å². The number of amides is 1. The van der Waals surface area contributed by atoms with E-state index in [1.54, 1.807) is 6.08 Å².